The normalized spacial score (nSPS) is 33.0. The van der Waals surface area contributed by atoms with E-state index in [1.807, 2.05) is 0 Å². The maximum Gasteiger partial charge on any atom is 0.459 e. The lowest BCUT2D eigenvalue weighted by atomic mass is 9.72. The second-order valence-electron chi connectivity index (χ2n) is 3.76. The Kier molecular flexibility index (Phi) is 2.96. The molecule has 2 atom stereocenters. The second kappa shape index (κ2) is 3.59. The molecule has 0 saturated carbocycles. The van der Waals surface area contributed by atoms with Crippen molar-refractivity contribution in [2.45, 2.75) is 39.6 Å². The maximum absolute atomic E-state index is 5.64. The van der Waals surface area contributed by atoms with Crippen LogP contribution in [0.1, 0.15) is 27.7 Å². The van der Waals surface area contributed by atoms with Crippen LogP contribution >= 0.6 is 0 Å². The molecule has 1 heterocycles. The summed E-state index contributed by atoms with van der Waals surface area (Å²) in [5.41, 5.74) is 0. The Labute approximate surface area is 69.4 Å². The van der Waals surface area contributed by atoms with Gasteiger partial charge in [0.15, 0.2) is 0 Å². The molecule has 1 saturated heterocycles. The van der Waals surface area contributed by atoms with Crippen LogP contribution in [-0.4, -0.2) is 19.8 Å². The minimum Gasteiger partial charge on any atom is -0.411 e. The summed E-state index contributed by atoms with van der Waals surface area (Å²) in [5.74, 6) is 0.995. The first-order valence-corrected chi connectivity index (χ1v) is 4.38. The van der Waals surface area contributed by atoms with Gasteiger partial charge in [0.2, 0.25) is 0 Å². The fraction of sp³-hybridized carbons (Fsp3) is 1.00. The van der Waals surface area contributed by atoms with Crippen molar-refractivity contribution < 1.29 is 9.31 Å². The highest BCUT2D eigenvalue weighted by Crippen LogP contribution is 2.21. The largest absolute Gasteiger partial charge is 0.459 e. The van der Waals surface area contributed by atoms with E-state index in [2.05, 4.69) is 27.7 Å². The quantitative estimate of drug-likeness (QED) is 0.540. The smallest absolute Gasteiger partial charge is 0.411 e. The minimum absolute atomic E-state index is 0.0150. The van der Waals surface area contributed by atoms with Gasteiger partial charge >= 0.3 is 7.12 Å². The minimum atomic E-state index is 0.0150. The highest BCUT2D eigenvalue weighted by atomic mass is 16.6. The van der Waals surface area contributed by atoms with Crippen molar-refractivity contribution in [2.75, 3.05) is 6.61 Å². The summed E-state index contributed by atoms with van der Waals surface area (Å²) in [7, 11) is 0.0150. The average Bonchev–Trinajstić information content (AvgIpc) is 1.94. The van der Waals surface area contributed by atoms with E-state index >= 15 is 0 Å². The molecule has 1 rings (SSSR count). The third-order valence-corrected chi connectivity index (χ3v) is 2.22. The van der Waals surface area contributed by atoms with Gasteiger partial charge in [0.1, 0.15) is 0 Å². The summed E-state index contributed by atoms with van der Waals surface area (Å²) >= 11 is 0. The average molecular weight is 156 g/mol. The van der Waals surface area contributed by atoms with Crippen LogP contribution < -0.4 is 0 Å². The molecule has 64 valence electrons. The van der Waals surface area contributed by atoms with E-state index in [1.54, 1.807) is 0 Å². The van der Waals surface area contributed by atoms with Gasteiger partial charge in [-0.3, -0.25) is 0 Å². The van der Waals surface area contributed by atoms with Crippen molar-refractivity contribution in [3.05, 3.63) is 0 Å². The molecule has 0 aromatic heterocycles. The Hall–Kier alpha value is -0.0151. The summed E-state index contributed by atoms with van der Waals surface area (Å²) < 4.78 is 11.1. The van der Waals surface area contributed by atoms with Gasteiger partial charge in [0.25, 0.3) is 0 Å². The molecule has 0 aromatic rings. The molecule has 11 heavy (non-hydrogen) atoms. The van der Waals surface area contributed by atoms with Crippen LogP contribution in [0.5, 0.6) is 0 Å². The Bertz CT molecular complexity index is 127. The number of hydrogen-bond donors (Lipinski definition) is 0. The van der Waals surface area contributed by atoms with Gasteiger partial charge in [-0.05, 0) is 12.7 Å². The molecule has 0 aromatic carbocycles. The SMILES string of the molecule is CC(C)B1OCC(C)C(C)O1. The van der Waals surface area contributed by atoms with E-state index < -0.39 is 0 Å². The zero-order valence-electron chi connectivity index (χ0n) is 7.83. The van der Waals surface area contributed by atoms with E-state index in [0.717, 1.165) is 6.61 Å². The van der Waals surface area contributed by atoms with Gasteiger partial charge in [-0.2, -0.15) is 0 Å². The van der Waals surface area contributed by atoms with Gasteiger partial charge in [-0.1, -0.05) is 20.8 Å². The van der Waals surface area contributed by atoms with Crippen LogP contribution in [-0.2, 0) is 9.31 Å². The number of rotatable bonds is 1. The molecule has 0 N–H and O–H groups in total. The predicted molar refractivity (Wildman–Crippen MR) is 46.5 cm³/mol. The molecule has 0 amide bonds. The third-order valence-electron chi connectivity index (χ3n) is 2.22. The van der Waals surface area contributed by atoms with Crippen LogP contribution in [0.25, 0.3) is 0 Å². The summed E-state index contributed by atoms with van der Waals surface area (Å²) in [6.07, 6.45) is 0.344. The van der Waals surface area contributed by atoms with Gasteiger partial charge in [0, 0.05) is 18.6 Å². The molecular formula is C8H17BO2. The lowest BCUT2D eigenvalue weighted by molar-refractivity contribution is 0.0278. The molecule has 1 aliphatic heterocycles. The van der Waals surface area contributed by atoms with Crippen LogP contribution in [0.15, 0.2) is 0 Å². The van der Waals surface area contributed by atoms with Crippen molar-refractivity contribution in [1.82, 2.24) is 0 Å². The molecule has 0 bridgehead atoms. The molecule has 3 heteroatoms. The van der Waals surface area contributed by atoms with Crippen LogP contribution in [0.4, 0.5) is 0 Å². The standard InChI is InChI=1S/C8H17BO2/c1-6(2)9-10-5-7(3)8(4)11-9/h6-8H,5H2,1-4H3. The van der Waals surface area contributed by atoms with Crippen LogP contribution in [0.2, 0.25) is 5.82 Å². The molecular weight excluding hydrogens is 139 g/mol. The van der Waals surface area contributed by atoms with Gasteiger partial charge < -0.3 is 9.31 Å². The van der Waals surface area contributed by atoms with E-state index in [-0.39, 0.29) is 7.12 Å². The van der Waals surface area contributed by atoms with Crippen molar-refractivity contribution in [2.24, 2.45) is 5.92 Å². The fourth-order valence-electron chi connectivity index (χ4n) is 1.12. The van der Waals surface area contributed by atoms with Crippen LogP contribution in [0.3, 0.4) is 0 Å². The molecule has 2 unspecified atom stereocenters. The Morgan fingerprint density at radius 3 is 2.45 bits per heavy atom. The highest BCUT2D eigenvalue weighted by Gasteiger charge is 2.32. The lowest BCUT2D eigenvalue weighted by Gasteiger charge is -2.32. The molecule has 0 aliphatic carbocycles. The lowest BCUT2D eigenvalue weighted by Crippen LogP contribution is -2.41. The topological polar surface area (TPSA) is 18.5 Å². The van der Waals surface area contributed by atoms with Gasteiger partial charge in [0.05, 0.1) is 0 Å². The Morgan fingerprint density at radius 2 is 2.00 bits per heavy atom. The van der Waals surface area contributed by atoms with Crippen molar-refractivity contribution >= 4 is 7.12 Å². The molecule has 2 nitrogen and oxygen atoms in total. The summed E-state index contributed by atoms with van der Waals surface area (Å²) in [6, 6.07) is 0. The molecule has 1 aliphatic rings. The first-order chi connectivity index (χ1) is 5.11. The predicted octanol–water partition coefficient (Wildman–Crippen LogP) is 1.96. The summed E-state index contributed by atoms with van der Waals surface area (Å²) in [4.78, 5) is 0. The summed E-state index contributed by atoms with van der Waals surface area (Å²) in [5, 5.41) is 0. The fourth-order valence-corrected chi connectivity index (χ4v) is 1.12. The maximum atomic E-state index is 5.64. The Morgan fingerprint density at radius 1 is 1.36 bits per heavy atom. The highest BCUT2D eigenvalue weighted by molar-refractivity contribution is 6.46. The molecule has 0 radical (unpaired) electrons. The first-order valence-electron chi connectivity index (χ1n) is 4.38. The number of hydrogen-bond acceptors (Lipinski definition) is 2. The molecule has 1 fully saturated rings. The van der Waals surface area contributed by atoms with Crippen molar-refractivity contribution in [3.63, 3.8) is 0 Å². The van der Waals surface area contributed by atoms with E-state index in [0.29, 0.717) is 17.8 Å². The first kappa shape index (κ1) is 9.08. The van der Waals surface area contributed by atoms with E-state index in [9.17, 15) is 0 Å². The van der Waals surface area contributed by atoms with Crippen LogP contribution in [0, 0.1) is 5.92 Å². The van der Waals surface area contributed by atoms with Gasteiger partial charge in [-0.15, -0.1) is 0 Å². The zero-order chi connectivity index (χ0) is 8.43. The molecule has 0 spiro atoms. The van der Waals surface area contributed by atoms with E-state index in [1.165, 1.54) is 0 Å². The van der Waals surface area contributed by atoms with Gasteiger partial charge in [-0.25, -0.2) is 0 Å². The monoisotopic (exact) mass is 156 g/mol. The zero-order valence-corrected chi connectivity index (χ0v) is 7.83. The van der Waals surface area contributed by atoms with Crippen molar-refractivity contribution in [1.29, 1.82) is 0 Å². The van der Waals surface area contributed by atoms with Crippen molar-refractivity contribution in [3.8, 4) is 0 Å². The second-order valence-corrected chi connectivity index (χ2v) is 3.76. The Balaban J connectivity index is 2.40. The third kappa shape index (κ3) is 2.21. The summed E-state index contributed by atoms with van der Waals surface area (Å²) in [6.45, 7) is 9.34. The van der Waals surface area contributed by atoms with E-state index in [4.69, 9.17) is 9.31 Å².